The van der Waals surface area contributed by atoms with Crippen LogP contribution in [0.2, 0.25) is 0 Å². The molecule has 0 bridgehead atoms. The average molecular weight is 367 g/mol. The summed E-state index contributed by atoms with van der Waals surface area (Å²) in [5.74, 6) is 2.14. The number of likely N-dealkylation sites (tertiary alicyclic amines) is 1. The lowest BCUT2D eigenvalue weighted by atomic mass is 10.0. The van der Waals surface area contributed by atoms with Crippen molar-refractivity contribution in [3.63, 3.8) is 0 Å². The zero-order valence-electron chi connectivity index (χ0n) is 15.6. The van der Waals surface area contributed by atoms with Gasteiger partial charge in [-0.2, -0.15) is 0 Å². The molecule has 2 aromatic rings. The number of anilines is 1. The van der Waals surface area contributed by atoms with Crippen LogP contribution in [0.1, 0.15) is 49.5 Å². The topological polar surface area (TPSA) is 80.2 Å². The van der Waals surface area contributed by atoms with Gasteiger partial charge in [0.25, 0.3) is 0 Å². The Kier molecular flexibility index (Phi) is 5.29. The third kappa shape index (κ3) is 4.24. The van der Waals surface area contributed by atoms with Crippen molar-refractivity contribution in [3.05, 3.63) is 42.2 Å². The number of carbonyl (C=O) groups excluding carboxylic acids is 1. The van der Waals surface area contributed by atoms with Crippen molar-refractivity contribution in [1.29, 1.82) is 0 Å². The highest BCUT2D eigenvalue weighted by Crippen LogP contribution is 2.37. The van der Waals surface area contributed by atoms with Gasteiger partial charge in [0, 0.05) is 18.7 Å². The zero-order chi connectivity index (χ0) is 18.6. The van der Waals surface area contributed by atoms with E-state index in [2.05, 4.69) is 25.2 Å². The summed E-state index contributed by atoms with van der Waals surface area (Å²) in [5, 5.41) is 2.99. The molecule has 142 valence electrons. The first-order chi connectivity index (χ1) is 13.2. The molecule has 7 nitrogen and oxygen atoms in total. The van der Waals surface area contributed by atoms with E-state index in [-0.39, 0.29) is 11.9 Å². The molecule has 1 saturated heterocycles. The summed E-state index contributed by atoms with van der Waals surface area (Å²) < 4.78 is 5.41. The molecule has 0 spiro atoms. The number of nitrogens with one attached hydrogen (secondary N) is 1. The Labute approximate surface area is 159 Å². The lowest BCUT2D eigenvalue weighted by Crippen LogP contribution is -2.46. The smallest absolute Gasteiger partial charge is 0.241 e. The van der Waals surface area contributed by atoms with E-state index < -0.39 is 0 Å². The van der Waals surface area contributed by atoms with Crippen molar-refractivity contribution in [2.75, 3.05) is 19.0 Å². The van der Waals surface area contributed by atoms with Crippen molar-refractivity contribution in [2.45, 2.75) is 50.6 Å². The summed E-state index contributed by atoms with van der Waals surface area (Å²) in [7, 11) is 1.65. The number of piperidine rings is 1. The monoisotopic (exact) mass is 367 g/mol. The molecule has 4 rings (SSSR count). The van der Waals surface area contributed by atoms with Crippen molar-refractivity contribution in [2.24, 2.45) is 0 Å². The molecule has 2 fully saturated rings. The van der Waals surface area contributed by atoms with Gasteiger partial charge in [-0.25, -0.2) is 9.97 Å². The second kappa shape index (κ2) is 8.00. The summed E-state index contributed by atoms with van der Waals surface area (Å²) in [6, 6.07) is 3.57. The summed E-state index contributed by atoms with van der Waals surface area (Å²) >= 11 is 0. The van der Waals surface area contributed by atoms with Crippen LogP contribution in [0.3, 0.4) is 0 Å². The third-order valence-electron chi connectivity index (χ3n) is 5.22. The maximum atomic E-state index is 12.9. The fraction of sp³-hybridized carbons (Fsp3) is 0.500. The van der Waals surface area contributed by atoms with Gasteiger partial charge in [-0.15, -0.1) is 0 Å². The van der Waals surface area contributed by atoms with Gasteiger partial charge in [0.1, 0.15) is 11.6 Å². The average Bonchev–Trinajstić information content (AvgIpc) is 3.55. The third-order valence-corrected chi connectivity index (χ3v) is 5.22. The molecule has 1 atom stereocenters. The van der Waals surface area contributed by atoms with Gasteiger partial charge in [-0.3, -0.25) is 14.7 Å². The van der Waals surface area contributed by atoms with Gasteiger partial charge in [0.15, 0.2) is 0 Å². The number of carbonyl (C=O) groups is 1. The van der Waals surface area contributed by atoms with Crippen LogP contribution in [-0.4, -0.2) is 45.5 Å². The van der Waals surface area contributed by atoms with Gasteiger partial charge in [-0.1, -0.05) is 6.42 Å². The summed E-state index contributed by atoms with van der Waals surface area (Å²) in [6.45, 7) is 1.47. The van der Waals surface area contributed by atoms with Crippen molar-refractivity contribution < 1.29 is 9.53 Å². The first-order valence-corrected chi connectivity index (χ1v) is 9.59. The largest absolute Gasteiger partial charge is 0.495 e. The molecule has 0 aromatic carbocycles. The maximum Gasteiger partial charge on any atom is 0.241 e. The fourth-order valence-electron chi connectivity index (χ4n) is 3.58. The minimum Gasteiger partial charge on any atom is -0.495 e. The molecule has 1 aliphatic heterocycles. The van der Waals surface area contributed by atoms with Crippen LogP contribution in [0.15, 0.2) is 30.7 Å². The summed E-state index contributed by atoms with van der Waals surface area (Å²) in [6.07, 6.45) is 10.5. The highest BCUT2D eigenvalue weighted by molar-refractivity contribution is 5.94. The first kappa shape index (κ1) is 17.9. The molecule has 7 heteroatoms. The van der Waals surface area contributed by atoms with E-state index in [1.165, 1.54) is 12.8 Å². The molecule has 2 aromatic heterocycles. The molecule has 0 radical (unpaired) electrons. The fourth-order valence-corrected chi connectivity index (χ4v) is 3.58. The van der Waals surface area contributed by atoms with Gasteiger partial charge in [0.05, 0.1) is 36.9 Å². The number of nitrogens with zero attached hydrogens (tertiary/aromatic N) is 4. The van der Waals surface area contributed by atoms with Crippen molar-refractivity contribution in [1.82, 2.24) is 19.9 Å². The summed E-state index contributed by atoms with van der Waals surface area (Å²) in [5.41, 5.74) is 1.52. The molecule has 1 amide bonds. The lowest BCUT2D eigenvalue weighted by molar-refractivity contribution is -0.122. The van der Waals surface area contributed by atoms with Gasteiger partial charge < -0.3 is 10.1 Å². The van der Waals surface area contributed by atoms with Crippen LogP contribution < -0.4 is 10.1 Å². The predicted molar refractivity (Wildman–Crippen MR) is 101 cm³/mol. The number of ether oxygens (including phenoxy) is 1. The van der Waals surface area contributed by atoms with Crippen molar-refractivity contribution >= 4 is 11.6 Å². The van der Waals surface area contributed by atoms with Crippen LogP contribution in [0.25, 0.3) is 0 Å². The standard InChI is InChI=1S/C20H25N5O2/c1-27-18-6-4-9-21-16(18)13-25-10-3-2-5-17(25)20(26)24-15-11-22-19(23-12-15)14-7-8-14/h4,6,9,11-12,14,17H,2-3,5,7-8,10,13H2,1H3,(H,24,26)/t17-/m1/s1. The van der Waals surface area contributed by atoms with E-state index in [4.69, 9.17) is 4.74 Å². The van der Waals surface area contributed by atoms with Crippen LogP contribution in [0.5, 0.6) is 5.75 Å². The van der Waals surface area contributed by atoms with E-state index >= 15 is 0 Å². The molecule has 1 saturated carbocycles. The molecule has 0 unspecified atom stereocenters. The van der Waals surface area contributed by atoms with Gasteiger partial charge >= 0.3 is 0 Å². The maximum absolute atomic E-state index is 12.9. The Morgan fingerprint density at radius 3 is 2.78 bits per heavy atom. The number of hydrogen-bond donors (Lipinski definition) is 1. The van der Waals surface area contributed by atoms with Crippen LogP contribution in [0.4, 0.5) is 5.69 Å². The molecule has 1 aliphatic carbocycles. The minimum absolute atomic E-state index is 0.00706. The Hall–Kier alpha value is -2.54. The SMILES string of the molecule is COc1cccnc1CN1CCCC[C@@H]1C(=O)Nc1cnc(C2CC2)nc1. The highest BCUT2D eigenvalue weighted by Gasteiger charge is 2.30. The highest BCUT2D eigenvalue weighted by atomic mass is 16.5. The number of hydrogen-bond acceptors (Lipinski definition) is 6. The van der Waals surface area contributed by atoms with E-state index in [0.29, 0.717) is 18.2 Å². The number of methoxy groups -OCH3 is 1. The van der Waals surface area contributed by atoms with E-state index in [0.717, 1.165) is 43.1 Å². The second-order valence-corrected chi connectivity index (χ2v) is 7.23. The van der Waals surface area contributed by atoms with E-state index in [1.54, 1.807) is 25.7 Å². The van der Waals surface area contributed by atoms with E-state index in [1.807, 2.05) is 12.1 Å². The number of aromatic nitrogens is 3. The van der Waals surface area contributed by atoms with Crippen LogP contribution in [-0.2, 0) is 11.3 Å². The summed E-state index contributed by atoms with van der Waals surface area (Å²) in [4.78, 5) is 28.3. The predicted octanol–water partition coefficient (Wildman–Crippen LogP) is 2.75. The van der Waals surface area contributed by atoms with Crippen LogP contribution >= 0.6 is 0 Å². The number of amides is 1. The Balaban J connectivity index is 1.43. The zero-order valence-corrected chi connectivity index (χ0v) is 15.6. The molecular formula is C20H25N5O2. The molecule has 3 heterocycles. The normalized spacial score (nSPS) is 20.3. The number of pyridine rings is 1. The molecule has 2 aliphatic rings. The Morgan fingerprint density at radius 2 is 2.04 bits per heavy atom. The van der Waals surface area contributed by atoms with Gasteiger partial charge in [0.2, 0.25) is 5.91 Å². The Bertz CT molecular complexity index is 791. The molecular weight excluding hydrogens is 342 g/mol. The van der Waals surface area contributed by atoms with Crippen molar-refractivity contribution in [3.8, 4) is 5.75 Å². The van der Waals surface area contributed by atoms with Crippen LogP contribution in [0, 0.1) is 0 Å². The number of rotatable bonds is 6. The van der Waals surface area contributed by atoms with E-state index in [9.17, 15) is 4.79 Å². The second-order valence-electron chi connectivity index (χ2n) is 7.23. The first-order valence-electron chi connectivity index (χ1n) is 9.59. The lowest BCUT2D eigenvalue weighted by Gasteiger charge is -2.34. The molecule has 1 N–H and O–H groups in total. The molecule has 27 heavy (non-hydrogen) atoms. The van der Waals surface area contributed by atoms with Gasteiger partial charge in [-0.05, 0) is 44.4 Å². The quantitative estimate of drug-likeness (QED) is 0.846. The Morgan fingerprint density at radius 1 is 1.22 bits per heavy atom. The minimum atomic E-state index is -0.187.